The van der Waals surface area contributed by atoms with Crippen molar-refractivity contribution in [2.75, 3.05) is 26.2 Å². The van der Waals surface area contributed by atoms with Gasteiger partial charge < -0.3 is 9.64 Å². The monoisotopic (exact) mass is 291 g/mol. The Morgan fingerprint density at radius 3 is 2.29 bits per heavy atom. The topological polar surface area (TPSA) is 29.5 Å². The molecule has 0 aliphatic heterocycles. The first-order chi connectivity index (χ1) is 10.1. The van der Waals surface area contributed by atoms with Gasteiger partial charge in [-0.15, -0.1) is 0 Å². The summed E-state index contributed by atoms with van der Waals surface area (Å²) in [6, 6.07) is 9.97. The van der Waals surface area contributed by atoms with Crippen LogP contribution in [-0.2, 0) is 9.53 Å². The van der Waals surface area contributed by atoms with E-state index in [1.54, 1.807) is 0 Å². The number of rotatable bonds is 9. The van der Waals surface area contributed by atoms with Gasteiger partial charge in [0.15, 0.2) is 0 Å². The normalized spacial score (nSPS) is 14.0. The fourth-order valence-corrected chi connectivity index (χ4v) is 2.50. The third kappa shape index (κ3) is 5.50. The Labute approximate surface area is 129 Å². The second-order valence-electron chi connectivity index (χ2n) is 5.47. The first kappa shape index (κ1) is 17.7. The predicted octanol–water partition coefficient (Wildman–Crippen LogP) is 3.70. The van der Waals surface area contributed by atoms with Crippen molar-refractivity contribution in [3.63, 3.8) is 0 Å². The van der Waals surface area contributed by atoms with Crippen LogP contribution in [0.3, 0.4) is 0 Å². The van der Waals surface area contributed by atoms with E-state index < -0.39 is 0 Å². The van der Waals surface area contributed by atoms with Crippen LogP contribution in [0.2, 0.25) is 0 Å². The molecule has 0 saturated carbocycles. The molecular weight excluding hydrogens is 262 g/mol. The zero-order valence-corrected chi connectivity index (χ0v) is 13.8. The number of hydrogen-bond acceptors (Lipinski definition) is 3. The molecule has 1 aromatic carbocycles. The summed E-state index contributed by atoms with van der Waals surface area (Å²) in [5, 5.41) is 0. The van der Waals surface area contributed by atoms with Crippen LogP contribution in [-0.4, -0.2) is 37.1 Å². The highest BCUT2D eigenvalue weighted by Crippen LogP contribution is 2.28. The number of carbonyl (C=O) groups is 1. The third-order valence-corrected chi connectivity index (χ3v) is 4.17. The van der Waals surface area contributed by atoms with E-state index in [0.717, 1.165) is 31.6 Å². The standard InChI is InChI=1S/C18H29NO2/c1-5-15(4)17(16-11-9-8-10-12-16)18(20)21-14-13-19(6-2)7-3/h8-12,15,17H,5-7,13-14H2,1-4H3/t15-,17+/m1/s1. The lowest BCUT2D eigenvalue weighted by Gasteiger charge is -2.23. The van der Waals surface area contributed by atoms with Crippen LogP contribution in [0.1, 0.15) is 45.6 Å². The second kappa shape index (κ2) is 9.56. The maximum atomic E-state index is 12.5. The number of ether oxygens (including phenoxy) is 1. The Morgan fingerprint density at radius 2 is 1.76 bits per heavy atom. The van der Waals surface area contributed by atoms with Crippen molar-refractivity contribution < 1.29 is 9.53 Å². The van der Waals surface area contributed by atoms with Crippen molar-refractivity contribution in [3.8, 4) is 0 Å². The predicted molar refractivity (Wildman–Crippen MR) is 87.4 cm³/mol. The summed E-state index contributed by atoms with van der Waals surface area (Å²) in [4.78, 5) is 14.7. The van der Waals surface area contributed by atoms with Crippen molar-refractivity contribution in [3.05, 3.63) is 35.9 Å². The van der Waals surface area contributed by atoms with Crippen molar-refractivity contribution in [1.82, 2.24) is 4.90 Å². The SMILES string of the molecule is CC[C@@H](C)[C@H](C(=O)OCCN(CC)CC)c1ccccc1. The summed E-state index contributed by atoms with van der Waals surface area (Å²) in [5.74, 6) is 0.0314. The van der Waals surface area contributed by atoms with Gasteiger partial charge in [-0.3, -0.25) is 4.79 Å². The maximum absolute atomic E-state index is 12.5. The molecule has 0 radical (unpaired) electrons. The third-order valence-electron chi connectivity index (χ3n) is 4.17. The van der Waals surface area contributed by atoms with Gasteiger partial charge >= 0.3 is 5.97 Å². The highest BCUT2D eigenvalue weighted by molar-refractivity contribution is 5.78. The Kier molecular flexibility index (Phi) is 8.06. The Balaban J connectivity index is 2.65. The van der Waals surface area contributed by atoms with E-state index in [-0.39, 0.29) is 17.8 Å². The van der Waals surface area contributed by atoms with E-state index in [0.29, 0.717) is 6.61 Å². The molecule has 3 nitrogen and oxygen atoms in total. The number of likely N-dealkylation sites (N-methyl/N-ethyl adjacent to an activating group) is 1. The number of esters is 1. The summed E-state index contributed by atoms with van der Waals surface area (Å²) >= 11 is 0. The molecule has 0 fully saturated rings. The molecule has 0 bridgehead atoms. The fourth-order valence-electron chi connectivity index (χ4n) is 2.50. The lowest BCUT2D eigenvalue weighted by atomic mass is 9.86. The summed E-state index contributed by atoms with van der Waals surface area (Å²) in [6.07, 6.45) is 0.963. The van der Waals surface area contributed by atoms with Gasteiger partial charge in [0.05, 0.1) is 5.92 Å². The van der Waals surface area contributed by atoms with Crippen LogP contribution in [0.15, 0.2) is 30.3 Å². The molecule has 0 aliphatic rings. The molecule has 1 aromatic rings. The molecule has 2 atom stereocenters. The molecule has 0 N–H and O–H groups in total. The minimum absolute atomic E-state index is 0.0947. The molecular formula is C18H29NO2. The fraction of sp³-hybridized carbons (Fsp3) is 0.611. The number of carbonyl (C=O) groups excluding carboxylic acids is 1. The first-order valence-corrected chi connectivity index (χ1v) is 8.07. The summed E-state index contributed by atoms with van der Waals surface area (Å²) < 4.78 is 5.54. The molecule has 0 unspecified atom stereocenters. The van der Waals surface area contributed by atoms with Crippen LogP contribution in [0.5, 0.6) is 0 Å². The van der Waals surface area contributed by atoms with Gasteiger partial charge in [0.2, 0.25) is 0 Å². The van der Waals surface area contributed by atoms with Crippen molar-refractivity contribution >= 4 is 5.97 Å². The van der Waals surface area contributed by atoms with Crippen molar-refractivity contribution in [1.29, 1.82) is 0 Å². The summed E-state index contributed by atoms with van der Waals surface area (Å²) in [7, 11) is 0. The molecule has 0 aliphatic carbocycles. The van der Waals surface area contributed by atoms with E-state index >= 15 is 0 Å². The van der Waals surface area contributed by atoms with E-state index in [9.17, 15) is 4.79 Å². The zero-order valence-electron chi connectivity index (χ0n) is 13.8. The molecule has 3 heteroatoms. The van der Waals surface area contributed by atoms with Crippen LogP contribution < -0.4 is 0 Å². The zero-order chi connectivity index (χ0) is 15.7. The average Bonchev–Trinajstić information content (AvgIpc) is 2.52. The Morgan fingerprint density at radius 1 is 1.14 bits per heavy atom. The molecule has 0 saturated heterocycles. The van der Waals surface area contributed by atoms with Gasteiger partial charge in [0.25, 0.3) is 0 Å². The van der Waals surface area contributed by atoms with Gasteiger partial charge in [-0.1, -0.05) is 64.4 Å². The molecule has 0 heterocycles. The van der Waals surface area contributed by atoms with Crippen LogP contribution in [0.4, 0.5) is 0 Å². The molecule has 0 spiro atoms. The van der Waals surface area contributed by atoms with Crippen molar-refractivity contribution in [2.45, 2.75) is 40.0 Å². The van der Waals surface area contributed by atoms with Gasteiger partial charge in [-0.05, 0) is 24.6 Å². The van der Waals surface area contributed by atoms with E-state index in [1.807, 2.05) is 30.3 Å². The lowest BCUT2D eigenvalue weighted by molar-refractivity contribution is -0.147. The average molecular weight is 291 g/mol. The maximum Gasteiger partial charge on any atom is 0.313 e. The number of hydrogen-bond donors (Lipinski definition) is 0. The molecule has 0 aromatic heterocycles. The molecule has 0 amide bonds. The van der Waals surface area contributed by atoms with E-state index in [1.165, 1.54) is 0 Å². The molecule has 118 valence electrons. The van der Waals surface area contributed by atoms with Crippen molar-refractivity contribution in [2.24, 2.45) is 5.92 Å². The van der Waals surface area contributed by atoms with Crippen LogP contribution in [0.25, 0.3) is 0 Å². The second-order valence-corrected chi connectivity index (χ2v) is 5.47. The Hall–Kier alpha value is -1.35. The van der Waals surface area contributed by atoms with Crippen LogP contribution in [0, 0.1) is 5.92 Å². The van der Waals surface area contributed by atoms with Crippen LogP contribution >= 0.6 is 0 Å². The Bertz CT molecular complexity index is 401. The van der Waals surface area contributed by atoms with Gasteiger partial charge in [-0.2, -0.15) is 0 Å². The first-order valence-electron chi connectivity index (χ1n) is 8.07. The lowest BCUT2D eigenvalue weighted by Crippen LogP contribution is -2.30. The highest BCUT2D eigenvalue weighted by Gasteiger charge is 2.27. The van der Waals surface area contributed by atoms with Gasteiger partial charge in [0, 0.05) is 6.54 Å². The highest BCUT2D eigenvalue weighted by atomic mass is 16.5. The number of benzene rings is 1. The van der Waals surface area contributed by atoms with E-state index in [2.05, 4.69) is 32.6 Å². The summed E-state index contributed by atoms with van der Waals surface area (Å²) in [5.41, 5.74) is 1.06. The minimum atomic E-state index is -0.159. The quantitative estimate of drug-likeness (QED) is 0.650. The summed E-state index contributed by atoms with van der Waals surface area (Å²) in [6.45, 7) is 11.7. The van der Waals surface area contributed by atoms with E-state index in [4.69, 9.17) is 4.74 Å². The van der Waals surface area contributed by atoms with Gasteiger partial charge in [-0.25, -0.2) is 0 Å². The smallest absolute Gasteiger partial charge is 0.313 e. The largest absolute Gasteiger partial charge is 0.464 e. The molecule has 1 rings (SSSR count). The molecule has 21 heavy (non-hydrogen) atoms. The van der Waals surface area contributed by atoms with Gasteiger partial charge in [0.1, 0.15) is 6.61 Å². The number of nitrogens with zero attached hydrogens (tertiary/aromatic N) is 1. The minimum Gasteiger partial charge on any atom is -0.464 e.